The molecule has 1 atom stereocenters. The van der Waals surface area contributed by atoms with Gasteiger partial charge < -0.3 is 15.6 Å². The predicted molar refractivity (Wildman–Crippen MR) is 63.1 cm³/mol. The van der Waals surface area contributed by atoms with E-state index in [9.17, 15) is 4.79 Å². The number of nitrogens with one attached hydrogen (secondary N) is 1. The van der Waals surface area contributed by atoms with Crippen LogP contribution in [0.2, 0.25) is 0 Å². The fourth-order valence-corrected chi connectivity index (χ4v) is 2.37. The normalized spacial score (nSPS) is 17.3. The summed E-state index contributed by atoms with van der Waals surface area (Å²) in [5.41, 5.74) is 5.35. The summed E-state index contributed by atoms with van der Waals surface area (Å²) in [5.74, 6) is 0.352. The molecule has 1 aromatic heterocycles. The van der Waals surface area contributed by atoms with Gasteiger partial charge in [0.1, 0.15) is 0 Å². The van der Waals surface area contributed by atoms with Gasteiger partial charge >= 0.3 is 0 Å². The zero-order valence-corrected chi connectivity index (χ0v) is 10.0. The number of imidazole rings is 1. The number of carbonyl (C=O) groups is 1. The summed E-state index contributed by atoms with van der Waals surface area (Å²) in [5, 5.41) is 4.15. The van der Waals surface area contributed by atoms with Crippen molar-refractivity contribution in [3.05, 3.63) is 12.4 Å². The highest BCUT2D eigenvalue weighted by Gasteiger charge is 2.27. The number of aromatic nitrogens is 2. The number of rotatable bonds is 6. The van der Waals surface area contributed by atoms with E-state index in [1.807, 2.05) is 17.8 Å². The van der Waals surface area contributed by atoms with Crippen LogP contribution in [0.15, 0.2) is 17.6 Å². The standard InChI is InChI=1S/C10H16N4OS/c1-14-5-4-12-10(14)16-6-8(9(11)15)13-7-2-3-7/h4-5,7-8,13H,2-3,6H2,1H3,(H2,11,15). The SMILES string of the molecule is Cn1ccnc1SCC(NC1CC1)C(N)=O. The molecule has 1 heterocycles. The van der Waals surface area contributed by atoms with E-state index >= 15 is 0 Å². The molecule has 1 fully saturated rings. The third-order valence-electron chi connectivity index (χ3n) is 2.51. The van der Waals surface area contributed by atoms with Crippen molar-refractivity contribution in [1.82, 2.24) is 14.9 Å². The molecule has 1 saturated carbocycles. The maximum absolute atomic E-state index is 11.2. The molecule has 1 aliphatic carbocycles. The van der Waals surface area contributed by atoms with Crippen LogP contribution in [0.25, 0.3) is 0 Å². The lowest BCUT2D eigenvalue weighted by molar-refractivity contribution is -0.119. The Balaban J connectivity index is 1.85. The summed E-state index contributed by atoms with van der Waals surface area (Å²) < 4.78 is 1.93. The van der Waals surface area contributed by atoms with E-state index in [0.29, 0.717) is 11.8 Å². The van der Waals surface area contributed by atoms with E-state index < -0.39 is 0 Å². The van der Waals surface area contributed by atoms with Crippen molar-refractivity contribution in [2.45, 2.75) is 30.1 Å². The number of primary amides is 1. The minimum atomic E-state index is -0.284. The predicted octanol–water partition coefficient (Wildman–Crippen LogP) is 0.118. The van der Waals surface area contributed by atoms with Gasteiger partial charge in [0.2, 0.25) is 5.91 Å². The molecule has 1 unspecified atom stereocenters. The molecule has 0 aliphatic heterocycles. The highest BCUT2D eigenvalue weighted by atomic mass is 32.2. The molecule has 16 heavy (non-hydrogen) atoms. The lowest BCUT2D eigenvalue weighted by atomic mass is 10.3. The van der Waals surface area contributed by atoms with Crippen LogP contribution in [0, 0.1) is 0 Å². The molecule has 5 nitrogen and oxygen atoms in total. The highest BCUT2D eigenvalue weighted by molar-refractivity contribution is 7.99. The first-order chi connectivity index (χ1) is 7.66. The second kappa shape index (κ2) is 4.88. The molecule has 1 amide bonds. The monoisotopic (exact) mass is 240 g/mol. The van der Waals surface area contributed by atoms with Gasteiger partial charge in [-0.15, -0.1) is 0 Å². The van der Waals surface area contributed by atoms with E-state index in [0.717, 1.165) is 18.0 Å². The third-order valence-corrected chi connectivity index (χ3v) is 3.67. The molecule has 1 aliphatic rings. The largest absolute Gasteiger partial charge is 0.368 e. The highest BCUT2D eigenvalue weighted by Crippen LogP contribution is 2.21. The maximum atomic E-state index is 11.2. The van der Waals surface area contributed by atoms with Crippen molar-refractivity contribution in [3.63, 3.8) is 0 Å². The molecule has 1 aromatic rings. The van der Waals surface area contributed by atoms with Crippen LogP contribution in [0.3, 0.4) is 0 Å². The average molecular weight is 240 g/mol. The third kappa shape index (κ3) is 2.99. The molecular weight excluding hydrogens is 224 g/mol. The van der Waals surface area contributed by atoms with Crippen molar-refractivity contribution >= 4 is 17.7 Å². The Hall–Kier alpha value is -1.01. The maximum Gasteiger partial charge on any atom is 0.235 e. The number of thioether (sulfide) groups is 1. The van der Waals surface area contributed by atoms with Gasteiger partial charge in [-0.1, -0.05) is 11.8 Å². The molecule has 0 saturated heterocycles. The molecule has 0 bridgehead atoms. The van der Waals surface area contributed by atoms with E-state index in [4.69, 9.17) is 5.73 Å². The minimum absolute atomic E-state index is 0.255. The number of hydrogen-bond donors (Lipinski definition) is 2. The summed E-state index contributed by atoms with van der Waals surface area (Å²) >= 11 is 1.55. The van der Waals surface area contributed by atoms with Crippen molar-refractivity contribution in [2.75, 3.05) is 5.75 Å². The topological polar surface area (TPSA) is 72.9 Å². The first-order valence-corrected chi connectivity index (χ1v) is 6.31. The Morgan fingerprint density at radius 2 is 2.56 bits per heavy atom. The van der Waals surface area contributed by atoms with Gasteiger partial charge in [-0.05, 0) is 12.8 Å². The van der Waals surface area contributed by atoms with Gasteiger partial charge in [-0.2, -0.15) is 0 Å². The van der Waals surface area contributed by atoms with Crippen LogP contribution in [0.5, 0.6) is 0 Å². The summed E-state index contributed by atoms with van der Waals surface area (Å²) in [6.45, 7) is 0. The van der Waals surface area contributed by atoms with Crippen LogP contribution in [-0.4, -0.2) is 33.3 Å². The van der Waals surface area contributed by atoms with Gasteiger partial charge in [-0.25, -0.2) is 4.98 Å². The van der Waals surface area contributed by atoms with E-state index in [1.54, 1.807) is 18.0 Å². The Labute approximate surface area is 98.8 Å². The molecule has 88 valence electrons. The summed E-state index contributed by atoms with van der Waals surface area (Å²) in [7, 11) is 1.93. The number of nitrogens with two attached hydrogens (primary N) is 1. The van der Waals surface area contributed by atoms with Gasteiger partial charge in [-0.3, -0.25) is 4.79 Å². The molecule has 0 spiro atoms. The molecule has 0 radical (unpaired) electrons. The average Bonchev–Trinajstić information content (AvgIpc) is 2.96. The first-order valence-electron chi connectivity index (χ1n) is 5.32. The Morgan fingerprint density at radius 3 is 3.06 bits per heavy atom. The summed E-state index contributed by atoms with van der Waals surface area (Å²) in [6.07, 6.45) is 5.93. The van der Waals surface area contributed by atoms with E-state index in [1.165, 1.54) is 0 Å². The van der Waals surface area contributed by atoms with Crippen molar-refractivity contribution in [2.24, 2.45) is 12.8 Å². The van der Waals surface area contributed by atoms with Crippen LogP contribution < -0.4 is 11.1 Å². The zero-order valence-electron chi connectivity index (χ0n) is 9.22. The van der Waals surface area contributed by atoms with Crippen LogP contribution in [0.4, 0.5) is 0 Å². The number of amides is 1. The zero-order chi connectivity index (χ0) is 11.5. The van der Waals surface area contributed by atoms with Crippen LogP contribution >= 0.6 is 11.8 Å². The summed E-state index contributed by atoms with van der Waals surface area (Å²) in [6, 6.07) is 0.230. The fourth-order valence-electron chi connectivity index (χ4n) is 1.40. The number of hydrogen-bond acceptors (Lipinski definition) is 4. The number of aryl methyl sites for hydroxylation is 1. The lowest BCUT2D eigenvalue weighted by Crippen LogP contribution is -2.44. The quantitative estimate of drug-likeness (QED) is 0.693. The van der Waals surface area contributed by atoms with Crippen molar-refractivity contribution in [3.8, 4) is 0 Å². The second-order valence-corrected chi connectivity index (χ2v) is 5.01. The molecule has 0 aromatic carbocycles. The summed E-state index contributed by atoms with van der Waals surface area (Å²) in [4.78, 5) is 15.4. The van der Waals surface area contributed by atoms with Crippen LogP contribution in [-0.2, 0) is 11.8 Å². The lowest BCUT2D eigenvalue weighted by Gasteiger charge is -2.13. The van der Waals surface area contributed by atoms with E-state index in [-0.39, 0.29) is 11.9 Å². The second-order valence-electron chi connectivity index (χ2n) is 4.03. The smallest absolute Gasteiger partial charge is 0.235 e. The first kappa shape index (κ1) is 11.5. The molecular formula is C10H16N4OS. The Bertz CT molecular complexity index is 375. The molecule has 3 N–H and O–H groups in total. The van der Waals surface area contributed by atoms with E-state index in [2.05, 4.69) is 10.3 Å². The van der Waals surface area contributed by atoms with Gasteiger partial charge in [0.15, 0.2) is 5.16 Å². The van der Waals surface area contributed by atoms with Crippen molar-refractivity contribution in [1.29, 1.82) is 0 Å². The minimum Gasteiger partial charge on any atom is -0.368 e. The van der Waals surface area contributed by atoms with Crippen molar-refractivity contribution < 1.29 is 4.79 Å². The number of carbonyl (C=O) groups excluding carboxylic acids is 1. The van der Waals surface area contributed by atoms with Gasteiger partial charge in [0, 0.05) is 31.2 Å². The Morgan fingerprint density at radius 1 is 1.81 bits per heavy atom. The molecule has 2 rings (SSSR count). The number of nitrogens with zero attached hydrogens (tertiary/aromatic N) is 2. The van der Waals surface area contributed by atoms with Gasteiger partial charge in [0.05, 0.1) is 6.04 Å². The fraction of sp³-hybridized carbons (Fsp3) is 0.600. The Kier molecular flexibility index (Phi) is 3.50. The van der Waals surface area contributed by atoms with Gasteiger partial charge in [0.25, 0.3) is 0 Å². The van der Waals surface area contributed by atoms with Crippen LogP contribution in [0.1, 0.15) is 12.8 Å². The molecule has 6 heteroatoms.